The first-order valence-corrected chi connectivity index (χ1v) is 8.26. The number of pyridine rings is 1. The number of sulfonamides is 1. The molecule has 1 heterocycles. The molecule has 1 aromatic heterocycles. The quantitative estimate of drug-likeness (QED) is 0.585. The van der Waals surface area contributed by atoms with E-state index in [1.807, 2.05) is 0 Å². The highest BCUT2D eigenvalue weighted by atomic mass is 79.9. The molecule has 0 aliphatic heterocycles. The van der Waals surface area contributed by atoms with Crippen molar-refractivity contribution in [2.45, 2.75) is 4.90 Å². The van der Waals surface area contributed by atoms with Gasteiger partial charge in [0.1, 0.15) is 9.50 Å². The lowest BCUT2D eigenvalue weighted by atomic mass is 10.3. The second kappa shape index (κ2) is 5.66. The van der Waals surface area contributed by atoms with Gasteiger partial charge in [-0.1, -0.05) is 0 Å². The minimum absolute atomic E-state index is 0.0249. The van der Waals surface area contributed by atoms with Crippen molar-refractivity contribution in [1.29, 1.82) is 0 Å². The van der Waals surface area contributed by atoms with E-state index in [-0.39, 0.29) is 15.8 Å². The zero-order valence-corrected chi connectivity index (χ0v) is 13.8. The molecule has 0 fully saturated rings. The molecule has 3 N–H and O–H groups in total. The third kappa shape index (κ3) is 3.10. The van der Waals surface area contributed by atoms with Crippen LogP contribution in [0.5, 0.6) is 0 Å². The molecule has 1 aromatic carbocycles. The fourth-order valence-electron chi connectivity index (χ4n) is 1.44. The van der Waals surface area contributed by atoms with Crippen molar-refractivity contribution in [1.82, 2.24) is 4.98 Å². The highest BCUT2D eigenvalue weighted by Gasteiger charge is 2.22. The van der Waals surface area contributed by atoms with Gasteiger partial charge >= 0.3 is 0 Å². The van der Waals surface area contributed by atoms with Crippen molar-refractivity contribution < 1.29 is 12.8 Å². The van der Waals surface area contributed by atoms with Crippen LogP contribution in [-0.2, 0) is 10.0 Å². The highest BCUT2D eigenvalue weighted by molar-refractivity contribution is 9.10. The summed E-state index contributed by atoms with van der Waals surface area (Å²) in [6.45, 7) is 0. The predicted molar refractivity (Wildman–Crippen MR) is 81.3 cm³/mol. The first-order valence-electron chi connectivity index (χ1n) is 5.19. The Morgan fingerprint density at radius 3 is 2.65 bits per heavy atom. The molecule has 2 rings (SSSR count). The van der Waals surface area contributed by atoms with Gasteiger partial charge in [-0.05, 0) is 56.1 Å². The number of nitrogen functional groups attached to an aromatic ring is 1. The molecule has 0 saturated carbocycles. The first-order chi connectivity index (χ1) is 9.31. The molecule has 0 amide bonds. The van der Waals surface area contributed by atoms with Gasteiger partial charge in [0.25, 0.3) is 10.0 Å². The molecule has 9 heteroatoms. The van der Waals surface area contributed by atoms with Crippen LogP contribution in [0.1, 0.15) is 0 Å². The third-order valence-electron chi connectivity index (χ3n) is 2.31. The number of aromatic nitrogens is 1. The van der Waals surface area contributed by atoms with Gasteiger partial charge in [-0.15, -0.1) is 0 Å². The first kappa shape index (κ1) is 15.2. The summed E-state index contributed by atoms with van der Waals surface area (Å²) in [5, 5.41) is 0. The molecule has 0 unspecified atom stereocenters. The molecule has 20 heavy (non-hydrogen) atoms. The lowest BCUT2D eigenvalue weighted by Gasteiger charge is -2.11. The van der Waals surface area contributed by atoms with Crippen molar-refractivity contribution in [3.8, 4) is 0 Å². The number of halogens is 3. The van der Waals surface area contributed by atoms with Crippen LogP contribution >= 0.6 is 31.9 Å². The smallest absolute Gasteiger partial charge is 0.265 e. The lowest BCUT2D eigenvalue weighted by Crippen LogP contribution is -2.15. The molecule has 0 bridgehead atoms. The maximum atomic E-state index is 13.9. The Labute approximate surface area is 131 Å². The van der Waals surface area contributed by atoms with Gasteiger partial charge in [-0.25, -0.2) is 17.8 Å². The number of benzene rings is 1. The molecule has 0 saturated heterocycles. The van der Waals surface area contributed by atoms with E-state index in [2.05, 4.69) is 41.6 Å². The Morgan fingerprint density at radius 1 is 1.30 bits per heavy atom. The molecule has 0 spiro atoms. The molecule has 0 aliphatic carbocycles. The molecule has 106 valence electrons. The molecule has 5 nitrogen and oxygen atoms in total. The zero-order valence-electron chi connectivity index (χ0n) is 9.77. The summed E-state index contributed by atoms with van der Waals surface area (Å²) in [4.78, 5) is 3.33. The third-order valence-corrected chi connectivity index (χ3v) is 4.88. The van der Waals surface area contributed by atoms with Crippen LogP contribution in [-0.4, -0.2) is 13.4 Å². The zero-order chi connectivity index (χ0) is 14.9. The van der Waals surface area contributed by atoms with Crippen LogP contribution in [0.3, 0.4) is 0 Å². The van der Waals surface area contributed by atoms with E-state index < -0.39 is 20.7 Å². The maximum absolute atomic E-state index is 13.9. The summed E-state index contributed by atoms with van der Waals surface area (Å²) in [5.74, 6) is -0.910. The fourth-order valence-corrected chi connectivity index (χ4v) is 3.73. The molecular formula is C11H8Br2FN3O2S. The lowest BCUT2D eigenvalue weighted by molar-refractivity contribution is 0.567. The van der Waals surface area contributed by atoms with E-state index in [9.17, 15) is 12.8 Å². The van der Waals surface area contributed by atoms with Gasteiger partial charge in [0.05, 0.1) is 10.2 Å². The van der Waals surface area contributed by atoms with E-state index in [4.69, 9.17) is 5.73 Å². The number of hydrogen-bond donors (Lipinski definition) is 2. The van der Waals surface area contributed by atoms with Crippen molar-refractivity contribution in [2.75, 3.05) is 10.5 Å². The number of anilines is 2. The van der Waals surface area contributed by atoms with Crippen molar-refractivity contribution in [2.24, 2.45) is 0 Å². The van der Waals surface area contributed by atoms with Crippen LogP contribution in [0.15, 0.2) is 44.4 Å². The SMILES string of the molecule is Nc1cc(Br)c(F)c(S(=O)(=O)Nc2cccnc2Br)c1. The van der Waals surface area contributed by atoms with E-state index in [1.54, 1.807) is 6.07 Å². The fraction of sp³-hybridized carbons (Fsp3) is 0. The Balaban J connectivity index is 2.49. The normalized spacial score (nSPS) is 11.3. The average molecular weight is 425 g/mol. The Kier molecular flexibility index (Phi) is 4.31. The van der Waals surface area contributed by atoms with Crippen molar-refractivity contribution in [3.05, 3.63) is 45.4 Å². The van der Waals surface area contributed by atoms with Gasteiger partial charge in [-0.2, -0.15) is 0 Å². The Morgan fingerprint density at radius 2 is 2.00 bits per heavy atom. The minimum Gasteiger partial charge on any atom is -0.399 e. The molecule has 0 radical (unpaired) electrons. The molecule has 0 aliphatic rings. The molecular weight excluding hydrogens is 417 g/mol. The van der Waals surface area contributed by atoms with Crippen LogP contribution in [0.4, 0.5) is 15.8 Å². The van der Waals surface area contributed by atoms with E-state index in [1.165, 1.54) is 18.3 Å². The van der Waals surface area contributed by atoms with Gasteiger partial charge in [0.15, 0.2) is 5.82 Å². The monoisotopic (exact) mass is 423 g/mol. The van der Waals surface area contributed by atoms with E-state index in [0.717, 1.165) is 6.07 Å². The van der Waals surface area contributed by atoms with Crippen LogP contribution in [0.2, 0.25) is 0 Å². The summed E-state index contributed by atoms with van der Waals surface area (Å²) in [5.41, 5.74) is 5.87. The van der Waals surface area contributed by atoms with Crippen molar-refractivity contribution in [3.63, 3.8) is 0 Å². The van der Waals surface area contributed by atoms with Crippen LogP contribution < -0.4 is 10.5 Å². The average Bonchev–Trinajstić information content (AvgIpc) is 2.36. The second-order valence-corrected chi connectivity index (χ2v) is 7.02. The Bertz CT molecular complexity index is 768. The number of rotatable bonds is 3. The van der Waals surface area contributed by atoms with Gasteiger partial charge in [0.2, 0.25) is 0 Å². The van der Waals surface area contributed by atoms with Crippen LogP contribution in [0, 0.1) is 5.82 Å². The van der Waals surface area contributed by atoms with E-state index >= 15 is 0 Å². The predicted octanol–water partition coefficient (Wildman–Crippen LogP) is 3.13. The van der Waals surface area contributed by atoms with Gasteiger partial charge < -0.3 is 5.73 Å². The minimum atomic E-state index is -4.12. The second-order valence-electron chi connectivity index (χ2n) is 3.76. The van der Waals surface area contributed by atoms with E-state index in [0.29, 0.717) is 4.60 Å². The standard InChI is InChI=1S/C11H8Br2FN3O2S/c12-7-4-6(15)5-9(10(7)14)20(18,19)17-8-2-1-3-16-11(8)13/h1-5,17H,15H2. The summed E-state index contributed by atoms with van der Waals surface area (Å²) in [7, 11) is -4.12. The number of hydrogen-bond acceptors (Lipinski definition) is 4. The largest absolute Gasteiger partial charge is 0.399 e. The number of nitrogens with zero attached hydrogens (tertiary/aromatic N) is 1. The number of nitrogens with two attached hydrogens (primary N) is 1. The maximum Gasteiger partial charge on any atom is 0.265 e. The summed E-state index contributed by atoms with van der Waals surface area (Å²) >= 11 is 6.02. The topological polar surface area (TPSA) is 85.1 Å². The summed E-state index contributed by atoms with van der Waals surface area (Å²) in [6, 6.07) is 5.38. The highest BCUT2D eigenvalue weighted by Crippen LogP contribution is 2.28. The van der Waals surface area contributed by atoms with Crippen molar-refractivity contribution >= 4 is 53.3 Å². The summed E-state index contributed by atoms with van der Waals surface area (Å²) < 4.78 is 40.9. The number of nitrogens with one attached hydrogen (secondary N) is 1. The Hall–Kier alpha value is -1.19. The van der Waals surface area contributed by atoms with Crippen LogP contribution in [0.25, 0.3) is 0 Å². The molecule has 0 atom stereocenters. The van der Waals surface area contributed by atoms with Gasteiger partial charge in [-0.3, -0.25) is 4.72 Å². The summed E-state index contributed by atoms with van der Waals surface area (Å²) in [6.07, 6.45) is 1.49. The van der Waals surface area contributed by atoms with Gasteiger partial charge in [0, 0.05) is 11.9 Å². The molecule has 2 aromatic rings.